The summed E-state index contributed by atoms with van der Waals surface area (Å²) in [6.45, 7) is 1.29. The summed E-state index contributed by atoms with van der Waals surface area (Å²) in [5.74, 6) is -10.3. The third-order valence-electron chi connectivity index (χ3n) is 12.4. The van der Waals surface area contributed by atoms with Crippen molar-refractivity contribution in [3.8, 4) is 17.2 Å². The van der Waals surface area contributed by atoms with Crippen LogP contribution in [-0.2, 0) is 59.9 Å². The number of nitrogens with zero attached hydrogens (tertiary/aromatic N) is 2. The van der Waals surface area contributed by atoms with Gasteiger partial charge in [0.25, 0.3) is 5.91 Å². The molecule has 344 valence electrons. The van der Waals surface area contributed by atoms with E-state index in [4.69, 9.17) is 29.8 Å². The molecule has 7 N–H and O–H groups in total. The largest absolute Gasteiger partial charge is 0.507 e. The van der Waals surface area contributed by atoms with E-state index in [0.29, 0.717) is 18.1 Å². The molecule has 2 aromatic rings. The van der Waals surface area contributed by atoms with Gasteiger partial charge in [0.05, 0.1) is 42.1 Å². The molecule has 2 aromatic carbocycles. The Kier molecular flexibility index (Phi) is 11.9. The number of aliphatic hydroxyl groups is 2. The van der Waals surface area contributed by atoms with Gasteiger partial charge in [0, 0.05) is 90.3 Å². The summed E-state index contributed by atoms with van der Waals surface area (Å²) < 4.78 is 42.8. The van der Waals surface area contributed by atoms with Crippen molar-refractivity contribution < 1.29 is 83.8 Å². The molecule has 4 aliphatic heterocycles. The SMILES string of the molecule is [3H]C1CC(=O)N(CC(=O)NCCC(=O)NCCNC(=O)[C@]2(O)Cc3c(O)c4c(c(O)c3[C@@](O)(O[C@@H]3C[C@H]5[C@H](O[C@@H]6[C@@H](OC)OCCN65)[C@H](C)O3)C2)C(=O)c2c(OC)cccc2C4=O)C1=O. The predicted molar refractivity (Wildman–Crippen MR) is 212 cm³/mol. The Hall–Kier alpha value is -5.59. The zero-order valence-electron chi connectivity index (χ0n) is 36.0. The van der Waals surface area contributed by atoms with E-state index in [1.54, 1.807) is 6.92 Å². The lowest BCUT2D eigenvalue weighted by Gasteiger charge is -2.46. The smallest absolute Gasteiger partial charge is 0.252 e. The highest BCUT2D eigenvalue weighted by atomic mass is 16.8. The van der Waals surface area contributed by atoms with E-state index < -0.39 is 143 Å². The van der Waals surface area contributed by atoms with Crippen molar-refractivity contribution in [2.45, 2.75) is 93.9 Å². The van der Waals surface area contributed by atoms with E-state index in [1.807, 2.05) is 4.90 Å². The van der Waals surface area contributed by atoms with Crippen LogP contribution in [0.25, 0.3) is 0 Å². The van der Waals surface area contributed by atoms with Crippen LogP contribution < -0.4 is 20.7 Å². The van der Waals surface area contributed by atoms with Gasteiger partial charge in [-0.3, -0.25) is 43.4 Å². The summed E-state index contributed by atoms with van der Waals surface area (Å²) in [4.78, 5) is 93.4. The fourth-order valence-electron chi connectivity index (χ4n) is 9.44. The first-order chi connectivity index (χ1) is 30.9. The zero-order valence-corrected chi connectivity index (χ0v) is 35.0. The lowest BCUT2D eigenvalue weighted by Crippen LogP contribution is -2.59. The number of ether oxygens (including phenoxy) is 6. The number of benzene rings is 2. The molecule has 0 spiro atoms. The second-order valence-corrected chi connectivity index (χ2v) is 16.3. The van der Waals surface area contributed by atoms with Crippen molar-refractivity contribution in [2.75, 3.05) is 53.6 Å². The van der Waals surface area contributed by atoms with E-state index in [2.05, 4.69) is 16.0 Å². The third kappa shape index (κ3) is 7.86. The molecule has 0 aromatic heterocycles. The van der Waals surface area contributed by atoms with E-state index in [9.17, 15) is 54.0 Å². The van der Waals surface area contributed by atoms with E-state index in [0.717, 1.165) is 0 Å². The van der Waals surface area contributed by atoms with Crippen molar-refractivity contribution in [1.29, 1.82) is 0 Å². The topological polar surface area (TPSA) is 298 Å². The molecule has 4 saturated heterocycles. The van der Waals surface area contributed by atoms with Crippen molar-refractivity contribution >= 4 is 41.1 Å². The summed E-state index contributed by atoms with van der Waals surface area (Å²) >= 11 is 0. The van der Waals surface area contributed by atoms with Crippen LogP contribution >= 0.6 is 0 Å². The highest BCUT2D eigenvalue weighted by Crippen LogP contribution is 2.54. The number of hydrogen-bond acceptors (Lipinski definition) is 18. The lowest BCUT2D eigenvalue weighted by atomic mass is 9.71. The van der Waals surface area contributed by atoms with Gasteiger partial charge in [0.1, 0.15) is 29.9 Å². The molecule has 0 radical (unpaired) electrons. The van der Waals surface area contributed by atoms with Crippen molar-refractivity contribution in [2.24, 2.45) is 0 Å². The van der Waals surface area contributed by atoms with Crippen LogP contribution in [0.4, 0.5) is 0 Å². The van der Waals surface area contributed by atoms with Crippen LogP contribution in [0.5, 0.6) is 17.2 Å². The molecule has 2 aliphatic carbocycles. The number of nitrogens with one attached hydrogen (secondary N) is 3. The minimum Gasteiger partial charge on any atom is -0.507 e. The maximum Gasteiger partial charge on any atom is 0.252 e. The number of morpholine rings is 1. The Morgan fingerprint density at radius 1 is 0.938 bits per heavy atom. The maximum atomic E-state index is 14.2. The molecule has 22 nitrogen and oxygen atoms in total. The van der Waals surface area contributed by atoms with Crippen LogP contribution in [0.1, 0.15) is 83.3 Å². The molecule has 4 heterocycles. The van der Waals surface area contributed by atoms with Crippen molar-refractivity contribution in [3.63, 3.8) is 0 Å². The van der Waals surface area contributed by atoms with Crippen LogP contribution in [0.15, 0.2) is 18.2 Å². The van der Waals surface area contributed by atoms with Gasteiger partial charge in [0.2, 0.25) is 35.2 Å². The molecule has 1 unspecified atom stereocenters. The molecule has 5 amide bonds. The molecule has 8 rings (SSSR count). The zero-order chi connectivity index (χ0) is 46.7. The van der Waals surface area contributed by atoms with Gasteiger partial charge in [-0.25, -0.2) is 0 Å². The number of amides is 5. The second kappa shape index (κ2) is 17.4. The van der Waals surface area contributed by atoms with E-state index in [-0.39, 0.29) is 61.8 Å². The Morgan fingerprint density at radius 2 is 1.67 bits per heavy atom. The second-order valence-electron chi connectivity index (χ2n) is 16.3. The molecular weight excluding hydrogens is 846 g/mol. The normalized spacial score (nSPS) is 31.0. The Labute approximate surface area is 366 Å². The molecule has 9 atom stereocenters. The number of hydrogen-bond donors (Lipinski definition) is 7. The van der Waals surface area contributed by atoms with E-state index >= 15 is 0 Å². The highest BCUT2D eigenvalue weighted by molar-refractivity contribution is 6.31. The van der Waals surface area contributed by atoms with Gasteiger partial charge in [-0.2, -0.15) is 0 Å². The molecule has 22 heteroatoms. The lowest BCUT2D eigenvalue weighted by molar-refractivity contribution is -0.339. The average Bonchev–Trinajstić information content (AvgIpc) is 3.76. The molecular formula is C42H49N5O17. The molecule has 0 saturated carbocycles. The number of carbonyl (C=O) groups is 7. The Balaban J connectivity index is 1.01. The number of rotatable bonds is 13. The number of fused-ring (bicyclic) bond motifs is 6. The van der Waals surface area contributed by atoms with Crippen LogP contribution in [0, 0.1) is 0 Å². The number of likely N-dealkylation sites (tertiary alicyclic amines) is 1. The van der Waals surface area contributed by atoms with Gasteiger partial charge in [-0.15, -0.1) is 0 Å². The van der Waals surface area contributed by atoms with Crippen LogP contribution in [0.2, 0.25) is 0 Å². The Morgan fingerprint density at radius 3 is 2.39 bits per heavy atom. The van der Waals surface area contributed by atoms with Gasteiger partial charge in [-0.05, 0) is 13.0 Å². The first-order valence-electron chi connectivity index (χ1n) is 21.3. The summed E-state index contributed by atoms with van der Waals surface area (Å²) in [6.07, 6.45) is -7.29. The standard InChI is InChI=1S/C42H49N5O17/c1-19-37-22(46-13-14-61-39(60-3)38(46)63-37)15-28(62-19)64-42(58)18-41(57,40(56)45-12-11-44-24(48)9-10-43-25(49)17-47-26(50)7-8-27(47)51)16-21-32(42)36(55)31-30(34(21)53)33(52)20-5-4-6-23(59-2)29(20)35(31)54/h4-6,19,22,28,37-39,53,55,57-58H,7-18H2,1-3H3,(H,43,49)(H,44,48)(H,45,56)/t19-,22-,28+,37+,38+,39-,41-,42-/m0/s1/i7T/t7?,19-,22-,28+,37+,38+,39-,41-,42-. The monoisotopic (exact) mass is 897 g/mol. The summed E-state index contributed by atoms with van der Waals surface area (Å²) in [6, 6.07) is 3.86. The number of aromatic hydroxyl groups is 2. The van der Waals surface area contributed by atoms with Gasteiger partial charge in [0.15, 0.2) is 30.2 Å². The maximum absolute atomic E-state index is 14.2. The van der Waals surface area contributed by atoms with Gasteiger partial charge in [-0.1, -0.05) is 12.1 Å². The summed E-state index contributed by atoms with van der Waals surface area (Å²) in [5, 5.41) is 56.2. The van der Waals surface area contributed by atoms with Crippen molar-refractivity contribution in [3.05, 3.63) is 51.6 Å². The van der Waals surface area contributed by atoms with Crippen LogP contribution in [0.3, 0.4) is 0 Å². The fraction of sp³-hybridized carbons (Fsp3) is 0.548. The number of methoxy groups -OCH3 is 2. The van der Waals surface area contributed by atoms with Gasteiger partial charge < -0.3 is 64.8 Å². The fourth-order valence-corrected chi connectivity index (χ4v) is 9.44. The molecule has 4 fully saturated rings. The summed E-state index contributed by atoms with van der Waals surface area (Å²) in [7, 11) is 2.77. The van der Waals surface area contributed by atoms with Gasteiger partial charge >= 0.3 is 0 Å². The average molecular weight is 898 g/mol. The number of phenols is 2. The third-order valence-corrected chi connectivity index (χ3v) is 12.4. The minimum atomic E-state index is -2.88. The number of phenolic OH excluding ortho intramolecular Hbond substituents is 2. The number of carbonyl (C=O) groups excluding carboxylic acids is 7. The quantitative estimate of drug-likeness (QED) is 0.0428. The minimum absolute atomic E-state index is 0.00757. The summed E-state index contributed by atoms with van der Waals surface area (Å²) in [5.41, 5.74) is -5.29. The number of ketones is 2. The molecule has 6 aliphatic rings. The Bertz CT molecular complexity index is 2350. The first kappa shape index (κ1) is 43.7. The predicted octanol–water partition coefficient (Wildman–Crippen LogP) is -1.86. The molecule has 0 bridgehead atoms. The highest BCUT2D eigenvalue weighted by Gasteiger charge is 2.59. The van der Waals surface area contributed by atoms with Crippen LogP contribution in [-0.4, -0.2) is 168 Å². The first-order valence-corrected chi connectivity index (χ1v) is 20.7. The number of imide groups is 1. The van der Waals surface area contributed by atoms with Crippen molar-refractivity contribution in [1.82, 2.24) is 25.8 Å². The molecule has 64 heavy (non-hydrogen) atoms. The van der Waals surface area contributed by atoms with E-state index in [1.165, 1.54) is 32.4 Å².